The van der Waals surface area contributed by atoms with Crippen LogP contribution in [0.15, 0.2) is 58.8 Å². The minimum atomic E-state index is -0.686. The van der Waals surface area contributed by atoms with Gasteiger partial charge in [0.15, 0.2) is 0 Å². The third-order valence-corrected chi connectivity index (χ3v) is 12.0. The molecule has 55 heavy (non-hydrogen) atoms. The first kappa shape index (κ1) is 36.7. The molecule has 13 heteroatoms. The summed E-state index contributed by atoms with van der Waals surface area (Å²) in [5.41, 5.74) is 11.3. The lowest BCUT2D eigenvalue weighted by molar-refractivity contribution is -0.133. The average Bonchev–Trinajstić information content (AvgIpc) is 4.06. The van der Waals surface area contributed by atoms with Gasteiger partial charge in [0.05, 0.1) is 38.5 Å². The highest BCUT2D eigenvalue weighted by atomic mass is 16.5. The summed E-state index contributed by atoms with van der Waals surface area (Å²) < 4.78 is 15.9. The minimum Gasteiger partial charge on any atom is -0.453 e. The first-order valence-electron chi connectivity index (χ1n) is 19.4. The van der Waals surface area contributed by atoms with Crippen molar-refractivity contribution in [3.8, 4) is 11.1 Å². The van der Waals surface area contributed by atoms with Gasteiger partial charge in [-0.2, -0.15) is 0 Å². The van der Waals surface area contributed by atoms with Crippen LogP contribution in [-0.4, -0.2) is 96.7 Å². The van der Waals surface area contributed by atoms with E-state index in [0.717, 1.165) is 72.2 Å². The van der Waals surface area contributed by atoms with Gasteiger partial charge >= 0.3 is 12.2 Å². The van der Waals surface area contributed by atoms with Gasteiger partial charge in [-0.05, 0) is 96.9 Å². The predicted octanol–water partition coefficient (Wildman–Crippen LogP) is 6.10. The summed E-state index contributed by atoms with van der Waals surface area (Å²) >= 11 is 0. The van der Waals surface area contributed by atoms with Gasteiger partial charge in [-0.25, -0.2) is 9.59 Å². The molecule has 4 unspecified atom stereocenters. The molecule has 6 aliphatic heterocycles. The van der Waals surface area contributed by atoms with E-state index in [1.807, 2.05) is 22.2 Å². The largest absolute Gasteiger partial charge is 0.453 e. The fourth-order valence-corrected chi connectivity index (χ4v) is 9.28. The Hall–Kier alpha value is -5.30. The van der Waals surface area contributed by atoms with Gasteiger partial charge in [0.25, 0.3) is 0 Å². The number of nitrogens with one attached hydrogen (secondary N) is 2. The fraction of sp³-hybridized carbons (Fsp3) is 0.476. The Kier molecular flexibility index (Phi) is 10.1. The third-order valence-electron chi connectivity index (χ3n) is 12.0. The molecule has 4 amide bonds. The number of fused-ring (bicyclic) bond motifs is 5. The molecule has 0 aliphatic carbocycles. The smallest absolute Gasteiger partial charge is 0.407 e. The van der Waals surface area contributed by atoms with Crippen LogP contribution in [0.3, 0.4) is 0 Å². The fourth-order valence-electron chi connectivity index (χ4n) is 9.28. The number of hydrogen-bond donors (Lipinski definition) is 2. The second kappa shape index (κ2) is 15.1. The molecule has 288 valence electrons. The number of amides is 4. The van der Waals surface area contributed by atoms with Crippen molar-refractivity contribution < 1.29 is 33.4 Å². The number of alkyl carbamates (subject to hydrolysis) is 2. The zero-order valence-corrected chi connectivity index (χ0v) is 31.8. The van der Waals surface area contributed by atoms with E-state index in [9.17, 15) is 19.2 Å². The lowest BCUT2D eigenvalue weighted by Gasteiger charge is -2.28. The molecule has 6 aliphatic rings. The Morgan fingerprint density at radius 2 is 1.15 bits per heavy atom. The van der Waals surface area contributed by atoms with Crippen LogP contribution in [0.25, 0.3) is 22.3 Å². The summed E-state index contributed by atoms with van der Waals surface area (Å²) in [5.74, 6) is -0.257. The number of likely N-dealkylation sites (tertiary alicyclic amines) is 2. The van der Waals surface area contributed by atoms with Crippen LogP contribution >= 0.6 is 0 Å². The van der Waals surface area contributed by atoms with Gasteiger partial charge in [-0.3, -0.25) is 19.6 Å². The number of aliphatic imine (C=N–C) groups is 2. The van der Waals surface area contributed by atoms with Gasteiger partial charge < -0.3 is 34.6 Å². The first-order valence-corrected chi connectivity index (χ1v) is 19.4. The maximum Gasteiger partial charge on any atom is 0.407 e. The lowest BCUT2D eigenvalue weighted by atomic mass is 9.80. The molecule has 0 spiro atoms. The molecular weight excluding hydrogens is 700 g/mol. The molecule has 2 N–H and O–H groups in total. The maximum absolute atomic E-state index is 13.3. The van der Waals surface area contributed by atoms with Crippen molar-refractivity contribution in [2.45, 2.75) is 102 Å². The molecule has 2 aromatic rings. The molecular formula is C42H48N6O7. The highest BCUT2D eigenvalue weighted by molar-refractivity contribution is 6.05. The summed E-state index contributed by atoms with van der Waals surface area (Å²) in [5, 5.41) is 5.20. The van der Waals surface area contributed by atoms with Gasteiger partial charge in [0.2, 0.25) is 11.8 Å². The minimum absolute atomic E-state index is 0.0504. The second-order valence-electron chi connectivity index (χ2n) is 15.3. The molecule has 13 nitrogen and oxygen atoms in total. The lowest BCUT2D eigenvalue weighted by Crippen LogP contribution is -2.50. The third kappa shape index (κ3) is 6.83. The van der Waals surface area contributed by atoms with E-state index in [1.54, 1.807) is 13.8 Å². The molecule has 2 bridgehead atoms. The van der Waals surface area contributed by atoms with E-state index in [1.165, 1.54) is 36.5 Å². The maximum atomic E-state index is 13.3. The zero-order valence-electron chi connectivity index (χ0n) is 31.8. The molecule has 8 rings (SSSR count). The van der Waals surface area contributed by atoms with E-state index >= 15 is 0 Å². The van der Waals surface area contributed by atoms with Crippen LogP contribution in [0.2, 0.25) is 0 Å². The Morgan fingerprint density at radius 3 is 1.69 bits per heavy atom. The van der Waals surface area contributed by atoms with Crippen LogP contribution in [0.4, 0.5) is 9.59 Å². The molecule has 6 heterocycles. The van der Waals surface area contributed by atoms with Crippen molar-refractivity contribution in [2.75, 3.05) is 27.3 Å². The SMILES string of the molecule is COC(=O)N[C@@H](C)C(=O)N1CCCC1C1=NC=C(c2ccc(-c3ccc(C4=CN=C(C5CCCN5C(=O)[C@@H](C)NC(=O)OC)C4)cc3)c3c2C2CCC3O2)C1. The number of carbonyl (C=O) groups is 4. The summed E-state index contributed by atoms with van der Waals surface area (Å²) in [6.07, 6.45) is 9.55. The van der Waals surface area contributed by atoms with E-state index in [-0.39, 0.29) is 36.1 Å². The molecule has 3 saturated heterocycles. The van der Waals surface area contributed by atoms with Crippen molar-refractivity contribution in [3.05, 3.63) is 71.1 Å². The number of allylic oxidation sites excluding steroid dienone is 2. The van der Waals surface area contributed by atoms with Crippen molar-refractivity contribution in [3.63, 3.8) is 0 Å². The van der Waals surface area contributed by atoms with Crippen LogP contribution < -0.4 is 10.6 Å². The molecule has 0 aromatic heterocycles. The van der Waals surface area contributed by atoms with Crippen LogP contribution in [0, 0.1) is 0 Å². The van der Waals surface area contributed by atoms with Gasteiger partial charge in [0.1, 0.15) is 12.1 Å². The first-order chi connectivity index (χ1) is 26.6. The van der Waals surface area contributed by atoms with Crippen LogP contribution in [-0.2, 0) is 23.8 Å². The number of nitrogens with zero attached hydrogens (tertiary/aromatic N) is 4. The molecule has 0 saturated carbocycles. The van der Waals surface area contributed by atoms with Crippen LogP contribution in [0.1, 0.15) is 99.7 Å². The van der Waals surface area contributed by atoms with Crippen molar-refractivity contribution in [1.29, 1.82) is 0 Å². The Labute approximate surface area is 320 Å². The zero-order chi connectivity index (χ0) is 38.4. The summed E-state index contributed by atoms with van der Waals surface area (Å²) in [6, 6.07) is 11.5. The van der Waals surface area contributed by atoms with E-state index < -0.39 is 24.3 Å². The molecule has 0 radical (unpaired) electrons. The number of hydrogen-bond acceptors (Lipinski definition) is 9. The van der Waals surface area contributed by atoms with Crippen molar-refractivity contribution >= 4 is 46.6 Å². The monoisotopic (exact) mass is 748 g/mol. The number of ether oxygens (including phenoxy) is 3. The van der Waals surface area contributed by atoms with E-state index in [2.05, 4.69) is 51.8 Å². The highest BCUT2D eigenvalue weighted by Gasteiger charge is 2.43. The number of rotatable bonds is 9. The second-order valence-corrected chi connectivity index (χ2v) is 15.3. The Morgan fingerprint density at radius 1 is 0.673 bits per heavy atom. The number of carbonyl (C=O) groups excluding carboxylic acids is 4. The summed E-state index contributed by atoms with van der Waals surface area (Å²) in [6.45, 7) is 4.63. The standard InChI is InChI=1S/C42H48N6O7/c1-23(45-41(51)53-3)39(49)47-17-5-7-33(47)31-19-27(21-43-31)25-9-11-26(12-10-25)29-13-14-30(38-36-16-15-35(55-36)37(29)38)28-20-32(44-22-28)34-8-6-18-48(34)40(50)24(2)46-42(52)54-4/h9-14,21-24,33-36H,5-8,15-20H2,1-4H3,(H,45,51)(H,46,52)/t23-,24+,33?,34?,35?,36?/m1/s1. The molecule has 3 fully saturated rings. The van der Waals surface area contributed by atoms with Gasteiger partial charge in [-0.15, -0.1) is 0 Å². The van der Waals surface area contributed by atoms with E-state index in [0.29, 0.717) is 25.9 Å². The van der Waals surface area contributed by atoms with Crippen LogP contribution in [0.5, 0.6) is 0 Å². The number of methoxy groups -OCH3 is 2. The Balaban J connectivity index is 0.949. The molecule has 2 aromatic carbocycles. The topological polar surface area (TPSA) is 151 Å². The van der Waals surface area contributed by atoms with Gasteiger partial charge in [0, 0.05) is 49.8 Å². The molecule has 6 atom stereocenters. The van der Waals surface area contributed by atoms with E-state index in [4.69, 9.17) is 19.5 Å². The summed E-state index contributed by atoms with van der Waals surface area (Å²) in [4.78, 5) is 63.3. The van der Waals surface area contributed by atoms with Crippen molar-refractivity contribution in [1.82, 2.24) is 20.4 Å². The van der Waals surface area contributed by atoms with Crippen molar-refractivity contribution in [2.24, 2.45) is 9.98 Å². The summed E-state index contributed by atoms with van der Waals surface area (Å²) in [7, 11) is 2.57. The quantitative estimate of drug-likeness (QED) is 0.315. The Bertz CT molecular complexity index is 2040. The number of benzene rings is 2. The van der Waals surface area contributed by atoms with Gasteiger partial charge in [-0.1, -0.05) is 36.4 Å². The highest BCUT2D eigenvalue weighted by Crippen LogP contribution is 2.56. The predicted molar refractivity (Wildman–Crippen MR) is 207 cm³/mol. The normalized spacial score (nSPS) is 24.8. The average molecular weight is 749 g/mol.